The summed E-state index contributed by atoms with van der Waals surface area (Å²) in [6.45, 7) is 0.399. The number of ether oxygens (including phenoxy) is 1. The van der Waals surface area contributed by atoms with Crippen LogP contribution in [0.4, 0.5) is 0 Å². The molecule has 37 heavy (non-hydrogen) atoms. The molecule has 0 spiro atoms. The summed E-state index contributed by atoms with van der Waals surface area (Å²) in [6.07, 6.45) is 6.86. The SMILES string of the molecule is O[C@]1(c2nc3ccccc3s2)CCC2CC(OCc3c(-c4c(Cl)cccc4Cl)noc3C3CC3)CC1C2. The number of hydrogen-bond acceptors (Lipinski definition) is 6. The molecule has 1 N–H and O–H groups in total. The minimum atomic E-state index is -0.894. The van der Waals surface area contributed by atoms with Gasteiger partial charge in [0.25, 0.3) is 0 Å². The van der Waals surface area contributed by atoms with Gasteiger partial charge in [0.15, 0.2) is 0 Å². The van der Waals surface area contributed by atoms with E-state index in [1.165, 1.54) is 0 Å². The molecule has 3 saturated carbocycles. The van der Waals surface area contributed by atoms with E-state index in [0.717, 1.165) is 71.5 Å². The third-order valence-corrected chi connectivity index (χ3v) is 10.3. The van der Waals surface area contributed by atoms with Crippen LogP contribution in [0.5, 0.6) is 0 Å². The number of benzene rings is 2. The van der Waals surface area contributed by atoms with Crippen LogP contribution < -0.4 is 0 Å². The number of hydrogen-bond donors (Lipinski definition) is 1. The standard InChI is InChI=1S/C29H28Cl2N2O3S/c30-21-4-3-5-22(31)25(21)26-20(27(36-33-26)17-8-9-17)15-35-19-13-16-10-11-29(34,18(12-16)14-19)28-32-23-6-1-2-7-24(23)37-28/h1-7,16-19,34H,8-15H2/t16?,18?,19?,29-/m1/s1. The van der Waals surface area contributed by atoms with Crippen LogP contribution in [0.3, 0.4) is 0 Å². The second-order valence-corrected chi connectivity index (χ2v) is 12.7. The Kier molecular flexibility index (Phi) is 6.09. The maximum atomic E-state index is 11.9. The normalized spacial score (nSPS) is 27.6. The summed E-state index contributed by atoms with van der Waals surface area (Å²) in [5.74, 6) is 1.97. The Morgan fingerprint density at radius 3 is 2.62 bits per heavy atom. The van der Waals surface area contributed by atoms with Crippen LogP contribution in [0.25, 0.3) is 21.5 Å². The summed E-state index contributed by atoms with van der Waals surface area (Å²) in [5, 5.41) is 18.3. The van der Waals surface area contributed by atoms with Crippen molar-refractivity contribution in [1.82, 2.24) is 10.1 Å². The van der Waals surface area contributed by atoms with Crippen LogP contribution in [0.2, 0.25) is 10.0 Å². The van der Waals surface area contributed by atoms with E-state index in [-0.39, 0.29) is 12.0 Å². The van der Waals surface area contributed by atoms with Crippen molar-refractivity contribution in [2.24, 2.45) is 11.8 Å². The lowest BCUT2D eigenvalue weighted by molar-refractivity contribution is -0.123. The van der Waals surface area contributed by atoms with E-state index in [9.17, 15) is 5.11 Å². The lowest BCUT2D eigenvalue weighted by atomic mass is 9.63. The maximum absolute atomic E-state index is 11.9. The maximum Gasteiger partial charge on any atom is 0.145 e. The number of nitrogens with zero attached hydrogens (tertiary/aromatic N) is 2. The van der Waals surface area contributed by atoms with E-state index in [1.54, 1.807) is 11.3 Å². The Hall–Kier alpha value is -1.96. The fourth-order valence-electron chi connectivity index (χ4n) is 6.36. The van der Waals surface area contributed by atoms with E-state index in [1.807, 2.05) is 36.4 Å². The van der Waals surface area contributed by atoms with Gasteiger partial charge in [0, 0.05) is 17.0 Å². The lowest BCUT2D eigenvalue weighted by Gasteiger charge is -2.47. The van der Waals surface area contributed by atoms with E-state index in [2.05, 4.69) is 11.2 Å². The quantitative estimate of drug-likeness (QED) is 0.260. The van der Waals surface area contributed by atoms with E-state index >= 15 is 0 Å². The lowest BCUT2D eigenvalue weighted by Crippen LogP contribution is -2.46. The topological polar surface area (TPSA) is 68.4 Å². The van der Waals surface area contributed by atoms with E-state index in [0.29, 0.717) is 39.7 Å². The first-order chi connectivity index (χ1) is 18.0. The van der Waals surface area contributed by atoms with Crippen LogP contribution in [0.1, 0.15) is 67.2 Å². The average Bonchev–Trinajstić information content (AvgIpc) is 3.50. The van der Waals surface area contributed by atoms with Gasteiger partial charge in [-0.05, 0) is 81.0 Å². The molecular weight excluding hydrogens is 527 g/mol. The summed E-state index contributed by atoms with van der Waals surface area (Å²) >= 11 is 14.7. The number of aliphatic hydroxyl groups is 1. The van der Waals surface area contributed by atoms with Crippen LogP contribution in [-0.4, -0.2) is 21.4 Å². The van der Waals surface area contributed by atoms with Gasteiger partial charge in [-0.1, -0.05) is 46.6 Å². The van der Waals surface area contributed by atoms with Crippen molar-refractivity contribution in [1.29, 1.82) is 0 Å². The predicted octanol–water partition coefficient (Wildman–Crippen LogP) is 8.12. The Morgan fingerprint density at radius 1 is 1.03 bits per heavy atom. The van der Waals surface area contributed by atoms with Gasteiger partial charge in [0.05, 0.1) is 33.0 Å². The van der Waals surface area contributed by atoms with Crippen molar-refractivity contribution in [3.05, 3.63) is 68.8 Å². The number of aromatic nitrogens is 2. The second-order valence-electron chi connectivity index (χ2n) is 10.9. The summed E-state index contributed by atoms with van der Waals surface area (Å²) in [4.78, 5) is 4.85. The van der Waals surface area contributed by atoms with Gasteiger partial charge in [0.1, 0.15) is 22.1 Å². The van der Waals surface area contributed by atoms with Gasteiger partial charge in [0.2, 0.25) is 0 Å². The van der Waals surface area contributed by atoms with Gasteiger partial charge >= 0.3 is 0 Å². The zero-order valence-electron chi connectivity index (χ0n) is 20.3. The highest BCUT2D eigenvalue weighted by Gasteiger charge is 2.49. The van der Waals surface area contributed by atoms with Crippen LogP contribution in [0.15, 0.2) is 47.0 Å². The van der Waals surface area contributed by atoms with E-state index < -0.39 is 5.60 Å². The number of thiazole rings is 1. The monoisotopic (exact) mass is 554 g/mol. The summed E-state index contributed by atoms with van der Waals surface area (Å²) in [6, 6.07) is 13.6. The Morgan fingerprint density at radius 2 is 1.84 bits per heavy atom. The average molecular weight is 556 g/mol. The van der Waals surface area contributed by atoms with Gasteiger partial charge in [-0.15, -0.1) is 11.3 Å². The molecule has 4 aromatic rings. The van der Waals surface area contributed by atoms with Gasteiger partial charge < -0.3 is 14.4 Å². The molecular formula is C29H28Cl2N2O3S. The molecule has 2 aromatic carbocycles. The molecule has 5 nitrogen and oxygen atoms in total. The fourth-order valence-corrected chi connectivity index (χ4v) is 8.10. The van der Waals surface area contributed by atoms with Crippen molar-refractivity contribution in [3.63, 3.8) is 0 Å². The van der Waals surface area contributed by atoms with Crippen molar-refractivity contribution >= 4 is 44.8 Å². The zero-order valence-corrected chi connectivity index (χ0v) is 22.7. The first-order valence-electron chi connectivity index (χ1n) is 13.1. The zero-order chi connectivity index (χ0) is 25.1. The minimum Gasteiger partial charge on any atom is -0.382 e. The van der Waals surface area contributed by atoms with Gasteiger partial charge in [-0.25, -0.2) is 4.98 Å². The predicted molar refractivity (Wildman–Crippen MR) is 146 cm³/mol. The highest BCUT2D eigenvalue weighted by atomic mass is 35.5. The van der Waals surface area contributed by atoms with Crippen LogP contribution >= 0.6 is 34.5 Å². The Bertz CT molecular complexity index is 1410. The summed E-state index contributed by atoms with van der Waals surface area (Å²) in [5.41, 5.74) is 2.40. The molecule has 8 heteroatoms. The number of halogens is 2. The van der Waals surface area contributed by atoms with Crippen molar-refractivity contribution in [3.8, 4) is 11.3 Å². The van der Waals surface area contributed by atoms with Gasteiger partial charge in [-0.2, -0.15) is 0 Å². The number of fused-ring (bicyclic) bond motifs is 3. The fraction of sp³-hybridized carbons (Fsp3) is 0.448. The second kappa shape index (κ2) is 9.35. The first kappa shape index (κ1) is 24.1. The molecule has 2 aromatic heterocycles. The molecule has 7 rings (SSSR count). The highest BCUT2D eigenvalue weighted by molar-refractivity contribution is 7.18. The first-order valence-corrected chi connectivity index (χ1v) is 14.7. The minimum absolute atomic E-state index is 0.0569. The number of para-hydroxylation sites is 1. The molecule has 3 aliphatic carbocycles. The molecule has 0 saturated heterocycles. The molecule has 2 bridgehead atoms. The Balaban J connectivity index is 1.14. The molecule has 3 aliphatic rings. The third-order valence-electron chi connectivity index (χ3n) is 8.46. The van der Waals surface area contributed by atoms with Crippen molar-refractivity contribution in [2.45, 2.75) is 69.2 Å². The third kappa shape index (κ3) is 4.31. The molecule has 2 heterocycles. The van der Waals surface area contributed by atoms with Gasteiger partial charge in [-0.3, -0.25) is 0 Å². The molecule has 0 amide bonds. The number of rotatable bonds is 6. The molecule has 0 aliphatic heterocycles. The van der Waals surface area contributed by atoms with Crippen molar-refractivity contribution in [2.75, 3.05) is 0 Å². The van der Waals surface area contributed by atoms with Crippen LogP contribution in [-0.2, 0) is 16.9 Å². The van der Waals surface area contributed by atoms with Crippen molar-refractivity contribution < 1.29 is 14.4 Å². The summed E-state index contributed by atoms with van der Waals surface area (Å²) < 4.78 is 13.5. The summed E-state index contributed by atoms with van der Waals surface area (Å²) in [7, 11) is 0. The molecule has 4 atom stereocenters. The highest BCUT2D eigenvalue weighted by Crippen LogP contribution is 2.52. The van der Waals surface area contributed by atoms with E-state index in [4.69, 9.17) is 37.4 Å². The molecule has 192 valence electrons. The molecule has 0 radical (unpaired) electrons. The van der Waals surface area contributed by atoms with Crippen LogP contribution in [0, 0.1) is 11.8 Å². The molecule has 3 unspecified atom stereocenters. The largest absolute Gasteiger partial charge is 0.382 e. The molecule has 3 fully saturated rings. The Labute approximate surface area is 229 Å². The smallest absolute Gasteiger partial charge is 0.145 e.